The monoisotopic (exact) mass is 227 g/mol. The molecule has 0 aliphatic carbocycles. The molecular weight excluding hydrogens is 210 g/mol. The number of hydrogen-bond acceptors (Lipinski definition) is 3. The zero-order chi connectivity index (χ0) is 11.6. The van der Waals surface area contributed by atoms with Crippen molar-refractivity contribution in [3.63, 3.8) is 0 Å². The number of rotatable bonds is 3. The Kier molecular flexibility index (Phi) is 3.39. The van der Waals surface area contributed by atoms with Crippen LogP contribution in [0.2, 0.25) is 0 Å². The molecule has 15 heavy (non-hydrogen) atoms. The Morgan fingerprint density at radius 1 is 1.33 bits per heavy atom. The fraction of sp³-hybridized carbons (Fsp3) is 0.455. The summed E-state index contributed by atoms with van der Waals surface area (Å²) in [5.41, 5.74) is 6.92. The van der Waals surface area contributed by atoms with Gasteiger partial charge in [-0.15, -0.1) is 0 Å². The number of hydrogen-bond donors (Lipinski definition) is 1. The van der Waals surface area contributed by atoms with E-state index >= 15 is 0 Å². The second-order valence-corrected chi connectivity index (χ2v) is 6.22. The lowest BCUT2D eigenvalue weighted by Gasteiger charge is -2.10. The molecule has 0 spiro atoms. The van der Waals surface area contributed by atoms with E-state index in [1.165, 1.54) is 0 Å². The summed E-state index contributed by atoms with van der Waals surface area (Å²) in [4.78, 5) is 0.260. The van der Waals surface area contributed by atoms with Crippen molar-refractivity contribution < 1.29 is 8.42 Å². The number of aryl methyl sites for hydroxylation is 1. The molecule has 0 saturated carbocycles. The third kappa shape index (κ3) is 2.96. The van der Waals surface area contributed by atoms with Gasteiger partial charge in [0, 0.05) is 0 Å². The van der Waals surface area contributed by atoms with Gasteiger partial charge in [-0.3, -0.25) is 0 Å². The molecule has 0 unspecified atom stereocenters. The molecule has 0 heterocycles. The van der Waals surface area contributed by atoms with Crippen LogP contribution in [0.3, 0.4) is 0 Å². The summed E-state index contributed by atoms with van der Waals surface area (Å²) in [6.45, 7) is 5.61. The quantitative estimate of drug-likeness (QED) is 0.803. The lowest BCUT2D eigenvalue weighted by atomic mass is 10.2. The Morgan fingerprint density at radius 2 is 1.93 bits per heavy atom. The average Bonchev–Trinajstić information content (AvgIpc) is 2.06. The highest BCUT2D eigenvalue weighted by Gasteiger charge is 2.19. The second kappa shape index (κ2) is 4.23. The van der Waals surface area contributed by atoms with Crippen LogP contribution in [-0.2, 0) is 9.84 Å². The maximum Gasteiger partial charge on any atom is 0.180 e. The third-order valence-electron chi connectivity index (χ3n) is 2.06. The van der Waals surface area contributed by atoms with Gasteiger partial charge in [0.05, 0.1) is 16.3 Å². The van der Waals surface area contributed by atoms with Crippen molar-refractivity contribution in [1.29, 1.82) is 0 Å². The minimum absolute atomic E-state index is 0.106. The number of nitrogen functional groups attached to an aromatic ring is 1. The topological polar surface area (TPSA) is 60.2 Å². The molecular formula is C11H17NO2S. The highest BCUT2D eigenvalue weighted by molar-refractivity contribution is 7.91. The van der Waals surface area contributed by atoms with Crippen LogP contribution in [0.1, 0.15) is 19.4 Å². The van der Waals surface area contributed by atoms with Crippen LogP contribution in [-0.4, -0.2) is 14.2 Å². The maximum absolute atomic E-state index is 11.9. The van der Waals surface area contributed by atoms with Crippen molar-refractivity contribution in [2.45, 2.75) is 25.7 Å². The van der Waals surface area contributed by atoms with Crippen LogP contribution in [0.15, 0.2) is 23.1 Å². The van der Waals surface area contributed by atoms with Crippen molar-refractivity contribution in [2.75, 3.05) is 11.5 Å². The van der Waals surface area contributed by atoms with Crippen LogP contribution in [0.25, 0.3) is 0 Å². The smallest absolute Gasteiger partial charge is 0.180 e. The van der Waals surface area contributed by atoms with Crippen molar-refractivity contribution in [3.05, 3.63) is 23.8 Å². The third-order valence-corrected chi connectivity index (χ3v) is 4.19. The fourth-order valence-corrected chi connectivity index (χ4v) is 3.29. The number of benzene rings is 1. The summed E-state index contributed by atoms with van der Waals surface area (Å²) in [7, 11) is -3.24. The normalized spacial score (nSPS) is 12.0. The van der Waals surface area contributed by atoms with Crippen molar-refractivity contribution in [1.82, 2.24) is 0 Å². The van der Waals surface area contributed by atoms with E-state index in [9.17, 15) is 8.42 Å². The Bertz CT molecular complexity index is 450. The molecule has 0 amide bonds. The Morgan fingerprint density at radius 3 is 2.47 bits per heavy atom. The van der Waals surface area contributed by atoms with Gasteiger partial charge >= 0.3 is 0 Å². The van der Waals surface area contributed by atoms with Gasteiger partial charge in [-0.25, -0.2) is 8.42 Å². The van der Waals surface area contributed by atoms with E-state index in [1.807, 2.05) is 26.8 Å². The van der Waals surface area contributed by atoms with E-state index in [0.717, 1.165) is 5.56 Å². The van der Waals surface area contributed by atoms with Gasteiger partial charge in [-0.1, -0.05) is 19.9 Å². The maximum atomic E-state index is 11.9. The van der Waals surface area contributed by atoms with Gasteiger partial charge in [0.15, 0.2) is 9.84 Å². The van der Waals surface area contributed by atoms with Gasteiger partial charge < -0.3 is 5.73 Å². The van der Waals surface area contributed by atoms with Gasteiger partial charge in [0.2, 0.25) is 0 Å². The predicted octanol–water partition coefficient (Wildman–Crippen LogP) is 2.01. The van der Waals surface area contributed by atoms with Gasteiger partial charge in [-0.05, 0) is 30.5 Å². The Balaban J connectivity index is 3.21. The molecule has 3 nitrogen and oxygen atoms in total. The van der Waals surface area contributed by atoms with Crippen LogP contribution in [0.4, 0.5) is 5.69 Å². The van der Waals surface area contributed by atoms with E-state index in [4.69, 9.17) is 5.73 Å². The molecule has 84 valence electrons. The molecule has 0 bridgehead atoms. The van der Waals surface area contributed by atoms with E-state index < -0.39 is 9.84 Å². The first-order chi connectivity index (χ1) is 6.83. The summed E-state index contributed by atoms with van der Waals surface area (Å²) in [6.07, 6.45) is 0. The number of anilines is 1. The van der Waals surface area contributed by atoms with Crippen LogP contribution in [0.5, 0.6) is 0 Å². The first-order valence-corrected chi connectivity index (χ1v) is 6.57. The number of sulfone groups is 1. The Labute approximate surface area is 91.2 Å². The molecule has 0 aliphatic heterocycles. The van der Waals surface area contributed by atoms with E-state index in [-0.39, 0.29) is 16.6 Å². The molecule has 0 fully saturated rings. The molecule has 2 N–H and O–H groups in total. The molecule has 1 aromatic rings. The first kappa shape index (κ1) is 12.0. The molecule has 0 aromatic heterocycles. The molecule has 0 radical (unpaired) electrons. The molecule has 1 aromatic carbocycles. The lowest BCUT2D eigenvalue weighted by Crippen LogP contribution is -2.13. The van der Waals surface area contributed by atoms with Crippen LogP contribution >= 0.6 is 0 Å². The molecule has 0 saturated heterocycles. The van der Waals surface area contributed by atoms with E-state index in [1.54, 1.807) is 12.1 Å². The van der Waals surface area contributed by atoms with Gasteiger partial charge in [-0.2, -0.15) is 0 Å². The zero-order valence-electron chi connectivity index (χ0n) is 9.32. The SMILES string of the molecule is Cc1ccc(N)c(S(=O)(=O)CC(C)C)c1. The minimum Gasteiger partial charge on any atom is -0.398 e. The first-order valence-electron chi connectivity index (χ1n) is 4.92. The van der Waals surface area contributed by atoms with Crippen molar-refractivity contribution in [3.8, 4) is 0 Å². The summed E-state index contributed by atoms with van der Waals surface area (Å²) >= 11 is 0. The zero-order valence-corrected chi connectivity index (χ0v) is 10.1. The second-order valence-electron chi connectivity index (χ2n) is 4.22. The van der Waals surface area contributed by atoms with Crippen LogP contribution < -0.4 is 5.73 Å². The van der Waals surface area contributed by atoms with Gasteiger partial charge in [0.1, 0.15) is 0 Å². The minimum atomic E-state index is -3.24. The standard InChI is InChI=1S/C11H17NO2S/c1-8(2)7-15(13,14)11-6-9(3)4-5-10(11)12/h4-6,8H,7,12H2,1-3H3. The summed E-state index contributed by atoms with van der Waals surface area (Å²) < 4.78 is 23.9. The molecule has 4 heteroatoms. The van der Waals surface area contributed by atoms with Crippen molar-refractivity contribution >= 4 is 15.5 Å². The Hall–Kier alpha value is -1.03. The van der Waals surface area contributed by atoms with Crippen LogP contribution in [0, 0.1) is 12.8 Å². The van der Waals surface area contributed by atoms with E-state index in [0.29, 0.717) is 5.69 Å². The average molecular weight is 227 g/mol. The summed E-state index contributed by atoms with van der Waals surface area (Å²) in [6, 6.07) is 5.08. The molecule has 1 rings (SSSR count). The largest absolute Gasteiger partial charge is 0.398 e. The van der Waals surface area contributed by atoms with Gasteiger partial charge in [0.25, 0.3) is 0 Å². The van der Waals surface area contributed by atoms with Crippen molar-refractivity contribution in [2.24, 2.45) is 5.92 Å². The predicted molar refractivity (Wildman–Crippen MR) is 62.5 cm³/mol. The summed E-state index contributed by atoms with van der Waals surface area (Å²) in [5.74, 6) is 0.246. The molecule has 0 atom stereocenters. The molecule has 0 aliphatic rings. The summed E-state index contributed by atoms with van der Waals surface area (Å²) in [5, 5.41) is 0. The highest BCUT2D eigenvalue weighted by atomic mass is 32.2. The lowest BCUT2D eigenvalue weighted by molar-refractivity contribution is 0.582. The van der Waals surface area contributed by atoms with E-state index in [2.05, 4.69) is 0 Å². The number of nitrogens with two attached hydrogens (primary N) is 1. The highest BCUT2D eigenvalue weighted by Crippen LogP contribution is 2.22. The fourth-order valence-electron chi connectivity index (χ4n) is 1.44.